The lowest BCUT2D eigenvalue weighted by Gasteiger charge is -2.25. The summed E-state index contributed by atoms with van der Waals surface area (Å²) in [6.45, 7) is 9.74. The van der Waals surface area contributed by atoms with Crippen LogP contribution >= 0.6 is 0 Å². The van der Waals surface area contributed by atoms with Gasteiger partial charge in [0.1, 0.15) is 24.2 Å². The van der Waals surface area contributed by atoms with E-state index in [9.17, 15) is 43.5 Å². The standard InChI is InChI=1S/C38H72N16O9/c1-37(2,3)32(62)45-16-8-7-12-25(31(60)61)52-26(55)20-49-28(57)22(13-9-17-46-34(39)40)53-30(59)24(15-11-19-48-36(43)44)54-29(58)23(14-10-18-47-35(41)42)51-27(56)21-50-33(63)38(4,5)6/h22-25H,7-21H2,1-6H3,(H,45,62)(H,49,57)(H,50,63)(H,51,56)(H,52,55)(H,53,59)(H,54,58)(H,60,61)(H4,39,40,46)(H4,41,42,47)(H4,43,44,48). The van der Waals surface area contributed by atoms with E-state index in [1.54, 1.807) is 41.5 Å². The molecule has 0 aromatic heterocycles. The van der Waals surface area contributed by atoms with E-state index in [0.717, 1.165) is 0 Å². The van der Waals surface area contributed by atoms with Gasteiger partial charge in [-0.05, 0) is 57.8 Å². The predicted molar refractivity (Wildman–Crippen MR) is 237 cm³/mol. The van der Waals surface area contributed by atoms with Gasteiger partial charge in [0.2, 0.25) is 41.4 Å². The normalized spacial score (nSPS) is 13.0. The maximum atomic E-state index is 13.9. The van der Waals surface area contributed by atoms with Gasteiger partial charge in [-0.1, -0.05) is 41.5 Å². The summed E-state index contributed by atoms with van der Waals surface area (Å²) in [4.78, 5) is 115. The summed E-state index contributed by atoms with van der Waals surface area (Å²) in [7, 11) is 0. The SMILES string of the molecule is CC(C)(C)C(=O)NCCCCC(NC(=O)CNC(=O)C(CCCN=C(N)N)NC(=O)C(CCCN=C(N)N)NC(=O)C(CCCN=C(N)N)NC(=O)CNC(=O)C(C)(C)C)C(=O)O. The second kappa shape index (κ2) is 29.0. The number of carbonyl (C=O) groups is 8. The average Bonchev–Trinajstić information content (AvgIpc) is 3.17. The number of nitrogens with two attached hydrogens (primary N) is 6. The van der Waals surface area contributed by atoms with Crippen molar-refractivity contribution in [3.05, 3.63) is 0 Å². The van der Waals surface area contributed by atoms with Gasteiger partial charge in [0, 0.05) is 37.0 Å². The first-order valence-corrected chi connectivity index (χ1v) is 20.7. The Labute approximate surface area is 368 Å². The average molecular weight is 897 g/mol. The minimum Gasteiger partial charge on any atom is -0.480 e. The number of rotatable bonds is 29. The molecule has 4 atom stereocenters. The number of guanidine groups is 3. The van der Waals surface area contributed by atoms with Crippen molar-refractivity contribution in [2.75, 3.05) is 39.3 Å². The number of aliphatic carboxylic acids is 1. The number of carboxylic acids is 1. The van der Waals surface area contributed by atoms with Crippen molar-refractivity contribution in [3.63, 3.8) is 0 Å². The molecule has 0 aromatic carbocycles. The molecule has 0 bridgehead atoms. The zero-order valence-electron chi connectivity index (χ0n) is 37.4. The molecule has 7 amide bonds. The maximum absolute atomic E-state index is 13.9. The van der Waals surface area contributed by atoms with Gasteiger partial charge in [0.25, 0.3) is 0 Å². The number of carbonyl (C=O) groups excluding carboxylic acids is 7. The lowest BCUT2D eigenvalue weighted by atomic mass is 9.95. The highest BCUT2D eigenvalue weighted by Crippen LogP contribution is 2.13. The number of unbranched alkanes of at least 4 members (excludes halogenated alkanes) is 1. The molecule has 0 saturated heterocycles. The van der Waals surface area contributed by atoms with Crippen molar-refractivity contribution in [2.24, 2.45) is 60.2 Å². The molecule has 0 saturated carbocycles. The van der Waals surface area contributed by atoms with Crippen molar-refractivity contribution in [1.82, 2.24) is 37.2 Å². The first-order valence-electron chi connectivity index (χ1n) is 20.7. The van der Waals surface area contributed by atoms with E-state index >= 15 is 0 Å². The fourth-order valence-corrected chi connectivity index (χ4v) is 5.27. The van der Waals surface area contributed by atoms with Crippen LogP contribution in [-0.2, 0) is 38.4 Å². The zero-order chi connectivity index (χ0) is 48.3. The molecule has 0 heterocycles. The minimum absolute atomic E-state index is 0.0141. The second-order valence-corrected chi connectivity index (χ2v) is 16.7. The molecule has 0 radical (unpaired) electrons. The molecule has 0 aliphatic carbocycles. The topological polar surface area (TPSA) is 434 Å². The lowest BCUT2D eigenvalue weighted by Crippen LogP contribution is -2.57. The monoisotopic (exact) mass is 897 g/mol. The van der Waals surface area contributed by atoms with Crippen molar-refractivity contribution in [3.8, 4) is 0 Å². The molecule has 20 N–H and O–H groups in total. The van der Waals surface area contributed by atoms with Crippen LogP contribution in [0.4, 0.5) is 0 Å². The van der Waals surface area contributed by atoms with Crippen LogP contribution in [0.1, 0.15) is 99.3 Å². The Morgan fingerprint density at radius 3 is 1.21 bits per heavy atom. The fourth-order valence-electron chi connectivity index (χ4n) is 5.27. The summed E-state index contributed by atoms with van der Waals surface area (Å²) in [5.74, 6) is -6.41. The highest BCUT2D eigenvalue weighted by atomic mass is 16.4. The molecule has 0 fully saturated rings. The predicted octanol–water partition coefficient (Wildman–Crippen LogP) is -4.22. The van der Waals surface area contributed by atoms with Gasteiger partial charge in [0.05, 0.1) is 13.1 Å². The Bertz CT molecular complexity index is 1630. The number of carboxylic acid groups (broad SMARTS) is 1. The van der Waals surface area contributed by atoms with Crippen LogP contribution in [0.15, 0.2) is 15.0 Å². The number of nitrogens with one attached hydrogen (secondary N) is 7. The largest absolute Gasteiger partial charge is 0.480 e. The van der Waals surface area contributed by atoms with Gasteiger partial charge in [-0.2, -0.15) is 0 Å². The minimum atomic E-state index is -1.32. The van der Waals surface area contributed by atoms with Crippen LogP contribution in [0, 0.1) is 10.8 Å². The third-order valence-electron chi connectivity index (χ3n) is 8.79. The first kappa shape index (κ1) is 56.6. The molecule has 0 aliphatic rings. The highest BCUT2D eigenvalue weighted by molar-refractivity contribution is 5.96. The van der Waals surface area contributed by atoms with Gasteiger partial charge >= 0.3 is 5.97 Å². The molecule has 358 valence electrons. The summed E-state index contributed by atoms with van der Waals surface area (Å²) in [5.41, 5.74) is 31.2. The molecule has 0 rings (SSSR count). The van der Waals surface area contributed by atoms with E-state index in [4.69, 9.17) is 34.4 Å². The van der Waals surface area contributed by atoms with Gasteiger partial charge in [-0.25, -0.2) is 4.79 Å². The highest BCUT2D eigenvalue weighted by Gasteiger charge is 2.31. The first-order chi connectivity index (χ1) is 29.2. The molecule has 25 nitrogen and oxygen atoms in total. The number of hydrogen-bond donors (Lipinski definition) is 14. The molecule has 0 aliphatic heterocycles. The lowest BCUT2D eigenvalue weighted by molar-refractivity contribution is -0.142. The number of nitrogens with zero attached hydrogens (tertiary/aromatic N) is 3. The third kappa shape index (κ3) is 27.2. The smallest absolute Gasteiger partial charge is 0.326 e. The number of amides is 7. The Morgan fingerprint density at radius 1 is 0.460 bits per heavy atom. The van der Waals surface area contributed by atoms with Gasteiger partial charge in [0.15, 0.2) is 17.9 Å². The van der Waals surface area contributed by atoms with Crippen LogP contribution < -0.4 is 71.6 Å². The van der Waals surface area contributed by atoms with E-state index in [2.05, 4.69) is 52.2 Å². The summed E-state index contributed by atoms with van der Waals surface area (Å²) in [6.07, 6.45) is 1.37. The molecule has 0 aromatic rings. The Morgan fingerprint density at radius 2 is 0.810 bits per heavy atom. The maximum Gasteiger partial charge on any atom is 0.326 e. The van der Waals surface area contributed by atoms with Crippen LogP contribution in [0.5, 0.6) is 0 Å². The molecular weight excluding hydrogens is 825 g/mol. The van der Waals surface area contributed by atoms with Crippen molar-refractivity contribution in [1.29, 1.82) is 0 Å². The van der Waals surface area contributed by atoms with E-state index < -0.39 is 89.5 Å². The van der Waals surface area contributed by atoms with E-state index in [1.807, 2.05) is 0 Å². The van der Waals surface area contributed by atoms with Crippen molar-refractivity contribution in [2.45, 2.75) is 123 Å². The summed E-state index contributed by atoms with van der Waals surface area (Å²) in [6, 6.07) is -5.14. The van der Waals surface area contributed by atoms with Crippen LogP contribution in [0.25, 0.3) is 0 Å². The van der Waals surface area contributed by atoms with E-state index in [1.165, 1.54) is 0 Å². The van der Waals surface area contributed by atoms with Crippen LogP contribution in [-0.4, -0.2) is 134 Å². The van der Waals surface area contributed by atoms with Crippen LogP contribution in [0.2, 0.25) is 0 Å². The summed E-state index contributed by atoms with van der Waals surface area (Å²) in [5, 5.41) is 27.5. The zero-order valence-corrected chi connectivity index (χ0v) is 37.4. The second-order valence-electron chi connectivity index (χ2n) is 16.7. The van der Waals surface area contributed by atoms with E-state index in [-0.39, 0.29) is 88.4 Å². The van der Waals surface area contributed by atoms with E-state index in [0.29, 0.717) is 19.4 Å². The Balaban J connectivity index is 6.13. The summed E-state index contributed by atoms with van der Waals surface area (Å²) < 4.78 is 0. The van der Waals surface area contributed by atoms with Gasteiger partial charge < -0.3 is 76.7 Å². The summed E-state index contributed by atoms with van der Waals surface area (Å²) >= 11 is 0. The quantitative estimate of drug-likeness (QED) is 0.0192. The number of hydrogen-bond acceptors (Lipinski definition) is 11. The molecule has 63 heavy (non-hydrogen) atoms. The van der Waals surface area contributed by atoms with Gasteiger partial charge in [-0.3, -0.25) is 48.5 Å². The number of aliphatic imine (C=N–C) groups is 3. The fraction of sp³-hybridized carbons (Fsp3) is 0.711. The Kier molecular flexibility index (Phi) is 26.0. The van der Waals surface area contributed by atoms with Crippen LogP contribution in [0.3, 0.4) is 0 Å². The molecule has 0 spiro atoms. The van der Waals surface area contributed by atoms with Crippen molar-refractivity contribution >= 4 is 65.2 Å². The van der Waals surface area contributed by atoms with Crippen molar-refractivity contribution < 1.29 is 43.5 Å². The van der Waals surface area contributed by atoms with Gasteiger partial charge in [-0.15, -0.1) is 0 Å². The molecule has 25 heteroatoms. The Hall–Kier alpha value is -6.43. The molecule has 4 unspecified atom stereocenters. The third-order valence-corrected chi connectivity index (χ3v) is 8.79. The molecular formula is C38H72N16O9.